The van der Waals surface area contributed by atoms with Crippen LogP contribution in [0.15, 0.2) is 36.7 Å². The Balaban J connectivity index is 0.00000182. The lowest BCUT2D eigenvalue weighted by Crippen LogP contribution is -2.43. The third-order valence-corrected chi connectivity index (χ3v) is 5.64. The molecular formula is C19H25ClN4O. The molecule has 2 aliphatic heterocycles. The number of halogens is 1. The van der Waals surface area contributed by atoms with Crippen molar-refractivity contribution in [3.8, 4) is 5.69 Å². The number of aromatic nitrogens is 2. The maximum absolute atomic E-state index is 12.8. The first-order valence-corrected chi connectivity index (χ1v) is 8.78. The number of nitrogens with zero attached hydrogens (tertiary/aromatic N) is 3. The summed E-state index contributed by atoms with van der Waals surface area (Å²) in [5, 5.41) is 7.86. The number of carbonyl (C=O) groups is 1. The van der Waals surface area contributed by atoms with Gasteiger partial charge in [0.15, 0.2) is 0 Å². The Morgan fingerprint density at radius 1 is 1.20 bits per heavy atom. The van der Waals surface area contributed by atoms with Gasteiger partial charge in [-0.05, 0) is 49.8 Å². The molecule has 134 valence electrons. The molecule has 4 rings (SSSR count). The van der Waals surface area contributed by atoms with Crippen LogP contribution in [0.3, 0.4) is 0 Å². The predicted octanol–water partition coefficient (Wildman–Crippen LogP) is 2.82. The highest BCUT2D eigenvalue weighted by Crippen LogP contribution is 2.37. The van der Waals surface area contributed by atoms with Crippen LogP contribution in [-0.4, -0.2) is 46.8 Å². The Labute approximate surface area is 154 Å². The summed E-state index contributed by atoms with van der Waals surface area (Å²) in [6.07, 6.45) is 7.01. The van der Waals surface area contributed by atoms with E-state index in [4.69, 9.17) is 0 Å². The third-order valence-electron chi connectivity index (χ3n) is 5.64. The summed E-state index contributed by atoms with van der Waals surface area (Å²) < 4.78 is 1.80. The Morgan fingerprint density at radius 3 is 2.64 bits per heavy atom. The number of likely N-dealkylation sites (tertiary alicyclic amines) is 1. The zero-order valence-electron chi connectivity index (χ0n) is 14.6. The minimum atomic E-state index is 0. The zero-order valence-corrected chi connectivity index (χ0v) is 15.4. The molecule has 0 aliphatic carbocycles. The van der Waals surface area contributed by atoms with E-state index in [2.05, 4.69) is 23.4 Å². The summed E-state index contributed by atoms with van der Waals surface area (Å²) in [5.74, 6) is 0.107. The Kier molecular flexibility index (Phi) is 5.16. The van der Waals surface area contributed by atoms with Crippen LogP contribution in [0.2, 0.25) is 0 Å². The van der Waals surface area contributed by atoms with Crippen molar-refractivity contribution in [1.29, 1.82) is 0 Å². The molecular weight excluding hydrogens is 336 g/mol. The topological polar surface area (TPSA) is 50.2 Å². The second-order valence-corrected chi connectivity index (χ2v) is 7.18. The standard InChI is InChI=1S/C19H24N4O.ClH/c1-15-4-2-3-5-17(15)23-13-16(12-21-23)18(24)22-10-7-19(8-11-22)6-9-20-14-19;/h2-5,12-13,20H,6-11,14H2,1H3;1H. The highest BCUT2D eigenvalue weighted by atomic mass is 35.5. The van der Waals surface area contributed by atoms with E-state index in [1.54, 1.807) is 10.9 Å². The molecule has 0 atom stereocenters. The van der Waals surface area contributed by atoms with Crippen LogP contribution in [-0.2, 0) is 0 Å². The van der Waals surface area contributed by atoms with Crippen LogP contribution in [0.1, 0.15) is 35.2 Å². The van der Waals surface area contributed by atoms with Crippen molar-refractivity contribution < 1.29 is 4.79 Å². The molecule has 0 unspecified atom stereocenters. The zero-order chi connectivity index (χ0) is 16.6. The molecule has 6 heteroatoms. The van der Waals surface area contributed by atoms with Crippen molar-refractivity contribution in [1.82, 2.24) is 20.0 Å². The number of nitrogens with one attached hydrogen (secondary N) is 1. The van der Waals surface area contributed by atoms with Crippen LogP contribution in [0.4, 0.5) is 0 Å². The van der Waals surface area contributed by atoms with Gasteiger partial charge in [0.25, 0.3) is 5.91 Å². The van der Waals surface area contributed by atoms with Crippen LogP contribution in [0.25, 0.3) is 5.69 Å². The summed E-state index contributed by atoms with van der Waals surface area (Å²) in [4.78, 5) is 14.8. The van der Waals surface area contributed by atoms with E-state index in [0.717, 1.165) is 50.3 Å². The van der Waals surface area contributed by atoms with Gasteiger partial charge in [0.05, 0.1) is 17.4 Å². The van der Waals surface area contributed by atoms with E-state index >= 15 is 0 Å². The number of piperidine rings is 1. The molecule has 2 aliphatic rings. The normalized spacial score (nSPS) is 19.0. The largest absolute Gasteiger partial charge is 0.339 e. The molecule has 2 fully saturated rings. The van der Waals surface area contributed by atoms with E-state index < -0.39 is 0 Å². The van der Waals surface area contributed by atoms with Gasteiger partial charge >= 0.3 is 0 Å². The van der Waals surface area contributed by atoms with Gasteiger partial charge in [-0.1, -0.05) is 18.2 Å². The van der Waals surface area contributed by atoms with Gasteiger partial charge < -0.3 is 10.2 Å². The highest BCUT2D eigenvalue weighted by Gasteiger charge is 2.38. The molecule has 0 radical (unpaired) electrons. The number of benzene rings is 1. The fraction of sp³-hybridized carbons (Fsp3) is 0.474. The third kappa shape index (κ3) is 3.44. The second-order valence-electron chi connectivity index (χ2n) is 7.18. The lowest BCUT2D eigenvalue weighted by atomic mass is 9.78. The van der Waals surface area contributed by atoms with Crippen molar-refractivity contribution in [2.75, 3.05) is 26.2 Å². The van der Waals surface area contributed by atoms with Crippen molar-refractivity contribution in [2.24, 2.45) is 5.41 Å². The number of hydrogen-bond acceptors (Lipinski definition) is 3. The molecule has 5 nitrogen and oxygen atoms in total. The Hall–Kier alpha value is -1.85. The Morgan fingerprint density at radius 2 is 1.96 bits per heavy atom. The molecule has 1 amide bonds. The number of carbonyl (C=O) groups excluding carboxylic acids is 1. The quantitative estimate of drug-likeness (QED) is 0.896. The van der Waals surface area contributed by atoms with Gasteiger partial charge in [-0.25, -0.2) is 4.68 Å². The second kappa shape index (κ2) is 7.18. The number of aryl methyl sites for hydroxylation is 1. The number of amides is 1. The molecule has 1 aromatic carbocycles. The highest BCUT2D eigenvalue weighted by molar-refractivity contribution is 5.93. The van der Waals surface area contributed by atoms with Gasteiger partial charge in [-0.15, -0.1) is 12.4 Å². The van der Waals surface area contributed by atoms with Gasteiger partial charge in [0, 0.05) is 25.8 Å². The fourth-order valence-corrected chi connectivity index (χ4v) is 3.97. The van der Waals surface area contributed by atoms with E-state index in [1.165, 1.54) is 6.42 Å². The number of para-hydroxylation sites is 1. The van der Waals surface area contributed by atoms with Gasteiger partial charge in [-0.2, -0.15) is 5.10 Å². The molecule has 1 N–H and O–H groups in total. The molecule has 2 saturated heterocycles. The molecule has 0 bridgehead atoms. The van der Waals surface area contributed by atoms with E-state index in [9.17, 15) is 4.79 Å². The average molecular weight is 361 g/mol. The number of rotatable bonds is 2. The van der Waals surface area contributed by atoms with Crippen LogP contribution >= 0.6 is 12.4 Å². The summed E-state index contributed by atoms with van der Waals surface area (Å²) in [7, 11) is 0. The lowest BCUT2D eigenvalue weighted by molar-refractivity contribution is 0.0607. The van der Waals surface area contributed by atoms with Gasteiger partial charge in [0.1, 0.15) is 0 Å². The predicted molar refractivity (Wildman–Crippen MR) is 101 cm³/mol. The van der Waals surface area contributed by atoms with Gasteiger partial charge in [0.2, 0.25) is 0 Å². The molecule has 1 aromatic heterocycles. The SMILES string of the molecule is Cc1ccccc1-n1cc(C(=O)N2CCC3(CCNC3)CC2)cn1.Cl. The minimum absolute atomic E-state index is 0. The first kappa shape index (κ1) is 18.0. The fourth-order valence-electron chi connectivity index (χ4n) is 3.97. The molecule has 1 spiro atoms. The molecule has 0 saturated carbocycles. The van der Waals surface area contributed by atoms with Crippen molar-refractivity contribution >= 4 is 18.3 Å². The maximum Gasteiger partial charge on any atom is 0.257 e. The van der Waals surface area contributed by atoms with Crippen LogP contribution < -0.4 is 5.32 Å². The molecule has 2 aromatic rings. The van der Waals surface area contributed by atoms with Crippen LogP contribution in [0, 0.1) is 12.3 Å². The number of hydrogen-bond donors (Lipinski definition) is 1. The molecule has 25 heavy (non-hydrogen) atoms. The summed E-state index contributed by atoms with van der Waals surface area (Å²) in [6.45, 7) is 6.00. The smallest absolute Gasteiger partial charge is 0.257 e. The summed E-state index contributed by atoms with van der Waals surface area (Å²) >= 11 is 0. The minimum Gasteiger partial charge on any atom is -0.339 e. The van der Waals surface area contributed by atoms with E-state index in [-0.39, 0.29) is 18.3 Å². The lowest BCUT2D eigenvalue weighted by Gasteiger charge is -2.38. The van der Waals surface area contributed by atoms with Crippen molar-refractivity contribution in [2.45, 2.75) is 26.2 Å². The van der Waals surface area contributed by atoms with Crippen LogP contribution in [0.5, 0.6) is 0 Å². The van der Waals surface area contributed by atoms with E-state index in [1.807, 2.05) is 29.3 Å². The maximum atomic E-state index is 12.8. The Bertz CT molecular complexity index is 741. The first-order valence-electron chi connectivity index (χ1n) is 8.78. The summed E-state index contributed by atoms with van der Waals surface area (Å²) in [6, 6.07) is 8.08. The summed E-state index contributed by atoms with van der Waals surface area (Å²) in [5.41, 5.74) is 3.28. The first-order chi connectivity index (χ1) is 11.7. The molecule has 3 heterocycles. The van der Waals surface area contributed by atoms with E-state index in [0.29, 0.717) is 11.0 Å². The monoisotopic (exact) mass is 360 g/mol. The average Bonchev–Trinajstić information content (AvgIpc) is 3.26. The van der Waals surface area contributed by atoms with Crippen molar-refractivity contribution in [3.05, 3.63) is 47.8 Å². The van der Waals surface area contributed by atoms with Gasteiger partial charge in [-0.3, -0.25) is 4.79 Å². The van der Waals surface area contributed by atoms with Crippen molar-refractivity contribution in [3.63, 3.8) is 0 Å².